The Labute approximate surface area is 162 Å². The highest BCUT2D eigenvalue weighted by Crippen LogP contribution is 2.39. The second-order valence-electron chi connectivity index (χ2n) is 7.03. The van der Waals surface area contributed by atoms with Gasteiger partial charge in [0.25, 0.3) is 11.5 Å². The minimum Gasteiger partial charge on any atom is -0.495 e. The maximum Gasteiger partial charge on any atom is 0.268 e. The van der Waals surface area contributed by atoms with E-state index in [0.717, 1.165) is 18.5 Å². The number of ether oxygens (including phenoxy) is 1. The summed E-state index contributed by atoms with van der Waals surface area (Å²) in [7, 11) is 3.33. The number of rotatable bonds is 5. The largest absolute Gasteiger partial charge is 0.495 e. The third-order valence-corrected chi connectivity index (χ3v) is 5.01. The van der Waals surface area contributed by atoms with Gasteiger partial charge in [-0.1, -0.05) is 12.1 Å². The first-order valence-electron chi connectivity index (χ1n) is 9.20. The zero-order valence-electron chi connectivity index (χ0n) is 16.1. The van der Waals surface area contributed by atoms with Crippen molar-refractivity contribution in [2.24, 2.45) is 7.05 Å². The van der Waals surface area contributed by atoms with Crippen LogP contribution < -0.4 is 15.6 Å². The summed E-state index contributed by atoms with van der Waals surface area (Å²) in [5, 5.41) is 7.29. The Morgan fingerprint density at radius 1 is 1.25 bits per heavy atom. The van der Waals surface area contributed by atoms with Crippen LogP contribution in [0.1, 0.15) is 40.4 Å². The predicted molar refractivity (Wildman–Crippen MR) is 106 cm³/mol. The van der Waals surface area contributed by atoms with Gasteiger partial charge in [0.2, 0.25) is 0 Å². The molecular weight excluding hydrogens is 356 g/mol. The molecule has 1 saturated carbocycles. The van der Waals surface area contributed by atoms with Crippen LogP contribution in [-0.2, 0) is 7.05 Å². The lowest BCUT2D eigenvalue weighted by Gasteiger charge is -2.13. The number of aryl methyl sites for hydroxylation is 2. The van der Waals surface area contributed by atoms with Gasteiger partial charge in [0.15, 0.2) is 0 Å². The standard InChI is InChI=1S/C21H22N4O3/c1-13-10-11-25(16-6-4-5-7-17(16)28-3)21(27)19(13)20(26)22-18-12-15(14-8-9-14)23-24(18)2/h4-7,10-12,14H,8-9H2,1-3H3,(H,22,26). The van der Waals surface area contributed by atoms with Crippen molar-refractivity contribution in [2.75, 3.05) is 12.4 Å². The number of pyridine rings is 1. The second kappa shape index (κ2) is 6.99. The van der Waals surface area contributed by atoms with Crippen LogP contribution in [0.15, 0.2) is 47.4 Å². The normalized spacial score (nSPS) is 13.4. The molecule has 2 heterocycles. The molecule has 2 aromatic heterocycles. The molecule has 28 heavy (non-hydrogen) atoms. The van der Waals surface area contributed by atoms with Gasteiger partial charge in [0.05, 0.1) is 18.5 Å². The maximum atomic E-state index is 13.1. The summed E-state index contributed by atoms with van der Waals surface area (Å²) in [6.07, 6.45) is 3.92. The Bertz CT molecular complexity index is 1110. The van der Waals surface area contributed by atoms with Crippen LogP contribution in [0.5, 0.6) is 5.75 Å². The Hall–Kier alpha value is -3.35. The fourth-order valence-corrected chi connectivity index (χ4v) is 3.29. The van der Waals surface area contributed by atoms with Crippen molar-refractivity contribution in [1.29, 1.82) is 0 Å². The molecule has 7 heteroatoms. The summed E-state index contributed by atoms with van der Waals surface area (Å²) in [4.78, 5) is 26.1. The van der Waals surface area contributed by atoms with Gasteiger partial charge in [-0.3, -0.25) is 18.8 Å². The van der Waals surface area contributed by atoms with E-state index in [2.05, 4.69) is 10.4 Å². The SMILES string of the molecule is COc1ccccc1-n1ccc(C)c(C(=O)Nc2cc(C3CC3)nn2C)c1=O. The average molecular weight is 378 g/mol. The van der Waals surface area contributed by atoms with Crippen LogP contribution >= 0.6 is 0 Å². The number of carbonyl (C=O) groups excluding carboxylic acids is 1. The van der Waals surface area contributed by atoms with Gasteiger partial charge >= 0.3 is 0 Å². The van der Waals surface area contributed by atoms with E-state index in [1.165, 1.54) is 4.57 Å². The molecule has 0 atom stereocenters. The Balaban J connectivity index is 1.71. The Morgan fingerprint density at radius 3 is 2.71 bits per heavy atom. The van der Waals surface area contributed by atoms with Crippen LogP contribution in [0.3, 0.4) is 0 Å². The van der Waals surface area contributed by atoms with Crippen molar-refractivity contribution >= 4 is 11.7 Å². The monoisotopic (exact) mass is 378 g/mol. The van der Waals surface area contributed by atoms with E-state index in [9.17, 15) is 9.59 Å². The van der Waals surface area contributed by atoms with Crippen LogP contribution in [0.25, 0.3) is 5.69 Å². The van der Waals surface area contributed by atoms with Crippen LogP contribution in [-0.4, -0.2) is 27.4 Å². The molecule has 0 saturated heterocycles. The number of hydrogen-bond acceptors (Lipinski definition) is 4. The highest BCUT2D eigenvalue weighted by atomic mass is 16.5. The number of hydrogen-bond donors (Lipinski definition) is 1. The van der Waals surface area contributed by atoms with Gasteiger partial charge in [-0.05, 0) is 43.5 Å². The summed E-state index contributed by atoms with van der Waals surface area (Å²) < 4.78 is 8.43. The molecule has 1 fully saturated rings. The third kappa shape index (κ3) is 3.19. The van der Waals surface area contributed by atoms with Crippen molar-refractivity contribution in [2.45, 2.75) is 25.7 Å². The van der Waals surface area contributed by atoms with Gasteiger partial charge < -0.3 is 10.1 Å². The number of amides is 1. The van der Waals surface area contributed by atoms with Crippen LogP contribution in [0.2, 0.25) is 0 Å². The lowest BCUT2D eigenvalue weighted by Crippen LogP contribution is -2.30. The summed E-state index contributed by atoms with van der Waals surface area (Å²) in [6, 6.07) is 10.8. The van der Waals surface area contributed by atoms with Crippen molar-refractivity contribution in [3.8, 4) is 11.4 Å². The van der Waals surface area contributed by atoms with E-state index in [0.29, 0.717) is 28.7 Å². The first-order valence-corrected chi connectivity index (χ1v) is 9.20. The number of benzene rings is 1. The molecule has 0 spiro atoms. The minimum atomic E-state index is -0.447. The molecule has 1 aliphatic carbocycles. The lowest BCUT2D eigenvalue weighted by atomic mass is 10.1. The van der Waals surface area contributed by atoms with Crippen molar-refractivity contribution in [1.82, 2.24) is 14.3 Å². The second-order valence-corrected chi connectivity index (χ2v) is 7.03. The van der Waals surface area contributed by atoms with Crippen LogP contribution in [0, 0.1) is 6.92 Å². The highest BCUT2D eigenvalue weighted by molar-refractivity contribution is 6.04. The molecule has 0 radical (unpaired) electrons. The van der Waals surface area contributed by atoms with E-state index in [4.69, 9.17) is 4.74 Å². The fraction of sp³-hybridized carbons (Fsp3) is 0.286. The number of nitrogens with one attached hydrogen (secondary N) is 1. The molecule has 7 nitrogen and oxygen atoms in total. The zero-order chi connectivity index (χ0) is 19.8. The summed E-state index contributed by atoms with van der Waals surface area (Å²) in [5.41, 5.74) is 1.88. The maximum absolute atomic E-state index is 13.1. The van der Waals surface area contributed by atoms with E-state index >= 15 is 0 Å². The molecule has 1 aliphatic rings. The number of para-hydroxylation sites is 2. The zero-order valence-corrected chi connectivity index (χ0v) is 16.1. The van der Waals surface area contributed by atoms with Crippen molar-refractivity contribution in [3.05, 3.63) is 69.8 Å². The van der Waals surface area contributed by atoms with Crippen LogP contribution in [0.4, 0.5) is 5.82 Å². The smallest absolute Gasteiger partial charge is 0.268 e. The first kappa shape index (κ1) is 18.0. The van der Waals surface area contributed by atoms with E-state index in [1.54, 1.807) is 50.2 Å². The quantitative estimate of drug-likeness (QED) is 0.740. The molecule has 4 rings (SSSR count). The molecule has 3 aromatic rings. The topological polar surface area (TPSA) is 78.2 Å². The van der Waals surface area contributed by atoms with E-state index in [-0.39, 0.29) is 5.56 Å². The molecule has 1 aromatic carbocycles. The third-order valence-electron chi connectivity index (χ3n) is 5.01. The number of carbonyl (C=O) groups is 1. The lowest BCUT2D eigenvalue weighted by molar-refractivity contribution is 0.102. The summed E-state index contributed by atoms with van der Waals surface area (Å²) in [5.74, 6) is 1.18. The number of aromatic nitrogens is 3. The molecule has 0 aliphatic heterocycles. The Morgan fingerprint density at radius 2 is 2.00 bits per heavy atom. The average Bonchev–Trinajstić information content (AvgIpc) is 3.46. The van der Waals surface area contributed by atoms with Gasteiger partial charge in [-0.15, -0.1) is 0 Å². The van der Waals surface area contributed by atoms with Gasteiger partial charge in [-0.2, -0.15) is 5.10 Å². The van der Waals surface area contributed by atoms with Gasteiger partial charge in [-0.25, -0.2) is 0 Å². The molecule has 1 amide bonds. The highest BCUT2D eigenvalue weighted by Gasteiger charge is 2.27. The summed E-state index contributed by atoms with van der Waals surface area (Å²) in [6.45, 7) is 1.75. The summed E-state index contributed by atoms with van der Waals surface area (Å²) >= 11 is 0. The molecule has 0 bridgehead atoms. The number of anilines is 1. The molecule has 0 unspecified atom stereocenters. The van der Waals surface area contributed by atoms with Gasteiger partial charge in [0, 0.05) is 25.2 Å². The predicted octanol–water partition coefficient (Wildman–Crippen LogP) is 3.02. The fourth-order valence-electron chi connectivity index (χ4n) is 3.29. The van der Waals surface area contributed by atoms with E-state index < -0.39 is 11.5 Å². The van der Waals surface area contributed by atoms with E-state index in [1.807, 2.05) is 18.2 Å². The van der Waals surface area contributed by atoms with Gasteiger partial charge in [0.1, 0.15) is 17.1 Å². The minimum absolute atomic E-state index is 0.0996. The molecule has 144 valence electrons. The number of nitrogens with zero attached hydrogens (tertiary/aromatic N) is 3. The van der Waals surface area contributed by atoms with Crippen molar-refractivity contribution < 1.29 is 9.53 Å². The first-order chi connectivity index (χ1) is 13.5. The molecular formula is C21H22N4O3. The Kier molecular flexibility index (Phi) is 4.50. The van der Waals surface area contributed by atoms with Crippen molar-refractivity contribution in [3.63, 3.8) is 0 Å². The molecule has 1 N–H and O–H groups in total. The number of methoxy groups -OCH3 is 1.